The largest absolute Gasteiger partial charge is 0.366 e. The maximum atomic E-state index is 12.5. The number of morpholine rings is 1. The summed E-state index contributed by atoms with van der Waals surface area (Å²) >= 11 is 1.74. The maximum Gasteiger partial charge on any atom is 0.253 e. The lowest BCUT2D eigenvalue weighted by Gasteiger charge is -2.36. The molecule has 2 fully saturated rings. The summed E-state index contributed by atoms with van der Waals surface area (Å²) in [4.78, 5) is 21.6. The Bertz CT molecular complexity index is 565. The van der Waals surface area contributed by atoms with Gasteiger partial charge >= 0.3 is 0 Å². The number of nitrogens with one attached hydrogen (secondary N) is 1. The average Bonchev–Trinajstić information content (AvgIpc) is 3.05. The molecule has 2 saturated heterocycles. The fraction of sp³-hybridized carbons (Fsp3) is 0.765. The molecular weight excluding hydrogens is 395 g/mol. The summed E-state index contributed by atoms with van der Waals surface area (Å²) in [5.74, 6) is 0.130. The van der Waals surface area contributed by atoms with Crippen molar-refractivity contribution >= 4 is 42.1 Å². The van der Waals surface area contributed by atoms with Gasteiger partial charge in [0.2, 0.25) is 0 Å². The molecule has 1 amide bonds. The number of carbonyl (C=O) groups excluding carboxylic acids is 1. The number of rotatable bonds is 3. The van der Waals surface area contributed by atoms with Crippen LogP contribution in [0.4, 0.5) is 0 Å². The van der Waals surface area contributed by atoms with Crippen LogP contribution in [-0.4, -0.2) is 72.7 Å². The normalized spacial score (nSPS) is 21.7. The number of carbonyl (C=O) groups is 1. The average molecular weight is 425 g/mol. The molecule has 150 valence electrons. The molecule has 0 radical (unpaired) electrons. The summed E-state index contributed by atoms with van der Waals surface area (Å²) in [6, 6.07) is 0. The monoisotopic (exact) mass is 424 g/mol. The van der Waals surface area contributed by atoms with Crippen LogP contribution in [0.3, 0.4) is 0 Å². The molecular formula is C17H30Cl2N4O2S. The van der Waals surface area contributed by atoms with Gasteiger partial charge in [-0.2, -0.15) is 0 Å². The molecule has 0 saturated carbocycles. The van der Waals surface area contributed by atoms with Crippen molar-refractivity contribution in [1.82, 2.24) is 20.1 Å². The summed E-state index contributed by atoms with van der Waals surface area (Å²) in [6.45, 7) is 12.9. The summed E-state index contributed by atoms with van der Waals surface area (Å²) in [5.41, 5.74) is 1.26. The van der Waals surface area contributed by atoms with Gasteiger partial charge in [0.1, 0.15) is 6.10 Å². The summed E-state index contributed by atoms with van der Waals surface area (Å²) < 4.78 is 5.57. The topological polar surface area (TPSA) is 57.7 Å². The van der Waals surface area contributed by atoms with Crippen LogP contribution in [-0.2, 0) is 21.5 Å². The van der Waals surface area contributed by atoms with Crippen molar-refractivity contribution in [3.8, 4) is 0 Å². The Balaban J connectivity index is 0.00000169. The van der Waals surface area contributed by atoms with Crippen molar-refractivity contribution in [2.75, 3.05) is 45.9 Å². The fourth-order valence-corrected chi connectivity index (χ4v) is 3.91. The van der Waals surface area contributed by atoms with Crippen LogP contribution in [0, 0.1) is 0 Å². The number of hydrogen-bond donors (Lipinski definition) is 1. The highest BCUT2D eigenvalue weighted by molar-refractivity contribution is 7.09. The first-order chi connectivity index (χ1) is 11.4. The van der Waals surface area contributed by atoms with Crippen LogP contribution in [0.25, 0.3) is 0 Å². The van der Waals surface area contributed by atoms with E-state index in [9.17, 15) is 4.79 Å². The summed E-state index contributed by atoms with van der Waals surface area (Å²) in [6.07, 6.45) is -0.307. The Morgan fingerprint density at radius 1 is 1.31 bits per heavy atom. The van der Waals surface area contributed by atoms with E-state index in [0.717, 1.165) is 45.0 Å². The molecule has 3 heterocycles. The molecule has 9 heteroatoms. The minimum absolute atomic E-state index is 0. The van der Waals surface area contributed by atoms with Crippen molar-refractivity contribution in [3.63, 3.8) is 0 Å². The molecule has 0 aliphatic carbocycles. The van der Waals surface area contributed by atoms with E-state index in [2.05, 4.69) is 36.4 Å². The predicted molar refractivity (Wildman–Crippen MR) is 110 cm³/mol. The van der Waals surface area contributed by atoms with Gasteiger partial charge < -0.3 is 15.0 Å². The van der Waals surface area contributed by atoms with E-state index < -0.39 is 0 Å². The molecule has 0 spiro atoms. The summed E-state index contributed by atoms with van der Waals surface area (Å²) in [5, 5.41) is 6.58. The lowest BCUT2D eigenvalue weighted by atomic mass is 9.98. The maximum absolute atomic E-state index is 12.5. The van der Waals surface area contributed by atoms with E-state index in [-0.39, 0.29) is 42.2 Å². The first-order valence-corrected chi connectivity index (χ1v) is 9.60. The minimum Gasteiger partial charge on any atom is -0.366 e. The molecule has 2 aliphatic heterocycles. The quantitative estimate of drug-likeness (QED) is 0.802. The second kappa shape index (κ2) is 10.2. The van der Waals surface area contributed by atoms with Crippen molar-refractivity contribution in [3.05, 3.63) is 16.1 Å². The molecule has 1 atom stereocenters. The number of piperazine rings is 1. The van der Waals surface area contributed by atoms with Crippen LogP contribution in [0.1, 0.15) is 31.5 Å². The molecule has 1 aromatic heterocycles. The van der Waals surface area contributed by atoms with Gasteiger partial charge in [0.25, 0.3) is 5.91 Å². The molecule has 2 aliphatic rings. The zero-order valence-corrected chi connectivity index (χ0v) is 18.1. The Kier molecular flexibility index (Phi) is 9.26. The molecule has 0 aromatic carbocycles. The van der Waals surface area contributed by atoms with Gasteiger partial charge in [-0.3, -0.25) is 9.69 Å². The molecule has 1 aromatic rings. The van der Waals surface area contributed by atoms with E-state index in [1.807, 2.05) is 4.90 Å². The standard InChI is InChI=1S/C17H28N4O2S.2ClH/c1-17(2,3)16-19-13(12-24-16)11-20-5-7-21(8-6-20)15(22)14-10-18-4-9-23-14;;/h12,14,18H,4-11H2,1-3H3;2*1H. The van der Waals surface area contributed by atoms with E-state index in [1.165, 1.54) is 5.01 Å². The Morgan fingerprint density at radius 3 is 2.54 bits per heavy atom. The number of thiazole rings is 1. The molecule has 1 unspecified atom stereocenters. The van der Waals surface area contributed by atoms with Gasteiger partial charge in [-0.25, -0.2) is 4.98 Å². The number of hydrogen-bond acceptors (Lipinski definition) is 6. The first-order valence-electron chi connectivity index (χ1n) is 8.72. The van der Waals surface area contributed by atoms with Crippen molar-refractivity contribution in [2.24, 2.45) is 0 Å². The number of halogens is 2. The Morgan fingerprint density at radius 2 is 2.00 bits per heavy atom. The van der Waals surface area contributed by atoms with E-state index >= 15 is 0 Å². The third kappa shape index (κ3) is 6.04. The van der Waals surface area contributed by atoms with Crippen molar-refractivity contribution < 1.29 is 9.53 Å². The van der Waals surface area contributed by atoms with E-state index in [4.69, 9.17) is 9.72 Å². The van der Waals surface area contributed by atoms with E-state index in [1.54, 1.807) is 11.3 Å². The lowest BCUT2D eigenvalue weighted by Crippen LogP contribution is -2.54. The van der Waals surface area contributed by atoms with Crippen LogP contribution < -0.4 is 5.32 Å². The van der Waals surface area contributed by atoms with Gasteiger partial charge in [-0.05, 0) is 0 Å². The second-order valence-electron chi connectivity index (χ2n) is 7.56. The number of ether oxygens (including phenoxy) is 1. The Hall–Kier alpha value is -0.440. The number of amides is 1. The third-order valence-corrected chi connectivity index (χ3v) is 5.78. The fourth-order valence-electron chi connectivity index (χ4n) is 3.01. The highest BCUT2D eigenvalue weighted by atomic mass is 35.5. The molecule has 0 bridgehead atoms. The number of aromatic nitrogens is 1. The molecule has 1 N–H and O–H groups in total. The van der Waals surface area contributed by atoms with Gasteiger partial charge in [0, 0.05) is 56.6 Å². The highest BCUT2D eigenvalue weighted by Crippen LogP contribution is 2.26. The smallest absolute Gasteiger partial charge is 0.253 e. The van der Waals surface area contributed by atoms with Crippen LogP contribution in [0.2, 0.25) is 0 Å². The van der Waals surface area contributed by atoms with Gasteiger partial charge in [0.05, 0.1) is 17.3 Å². The second-order valence-corrected chi connectivity index (χ2v) is 8.42. The Labute approximate surface area is 172 Å². The third-order valence-electron chi connectivity index (χ3n) is 4.47. The van der Waals surface area contributed by atoms with Crippen LogP contribution >= 0.6 is 36.2 Å². The zero-order valence-electron chi connectivity index (χ0n) is 15.7. The first kappa shape index (κ1) is 23.6. The van der Waals surface area contributed by atoms with Crippen LogP contribution in [0.5, 0.6) is 0 Å². The molecule has 6 nitrogen and oxygen atoms in total. The van der Waals surface area contributed by atoms with E-state index in [0.29, 0.717) is 13.2 Å². The molecule has 26 heavy (non-hydrogen) atoms. The lowest BCUT2D eigenvalue weighted by molar-refractivity contribution is -0.147. The van der Waals surface area contributed by atoms with Crippen molar-refractivity contribution in [2.45, 2.75) is 38.8 Å². The van der Waals surface area contributed by atoms with Gasteiger partial charge in [-0.1, -0.05) is 20.8 Å². The zero-order chi connectivity index (χ0) is 17.2. The minimum atomic E-state index is -0.307. The number of nitrogens with zero attached hydrogens (tertiary/aromatic N) is 3. The summed E-state index contributed by atoms with van der Waals surface area (Å²) in [7, 11) is 0. The SMILES string of the molecule is CC(C)(C)c1nc(CN2CCN(C(=O)C3CNCCO3)CC2)cs1.Cl.Cl. The van der Waals surface area contributed by atoms with Crippen molar-refractivity contribution in [1.29, 1.82) is 0 Å². The predicted octanol–water partition coefficient (Wildman–Crippen LogP) is 1.92. The molecule has 3 rings (SSSR count). The highest BCUT2D eigenvalue weighted by Gasteiger charge is 2.29. The van der Waals surface area contributed by atoms with Gasteiger partial charge in [0.15, 0.2) is 0 Å². The van der Waals surface area contributed by atoms with Gasteiger partial charge in [-0.15, -0.1) is 36.2 Å². The van der Waals surface area contributed by atoms with Crippen LogP contribution in [0.15, 0.2) is 5.38 Å².